The summed E-state index contributed by atoms with van der Waals surface area (Å²) >= 11 is 0. The van der Waals surface area contributed by atoms with Crippen LogP contribution in [-0.2, 0) is 6.54 Å². The molecule has 0 aliphatic heterocycles. The molecule has 2 aromatic rings. The third-order valence-electron chi connectivity index (χ3n) is 3.96. The summed E-state index contributed by atoms with van der Waals surface area (Å²) in [5, 5.41) is 10.6. The van der Waals surface area contributed by atoms with E-state index in [9.17, 15) is 0 Å². The average molecular weight is 358 g/mol. The molecular weight excluding hydrogens is 328 g/mol. The Hall–Kier alpha value is -2.50. The van der Waals surface area contributed by atoms with E-state index >= 15 is 0 Å². The van der Waals surface area contributed by atoms with E-state index in [1.807, 2.05) is 19.1 Å². The van der Waals surface area contributed by atoms with E-state index in [2.05, 4.69) is 60.6 Å². The highest BCUT2D eigenvalue weighted by atomic mass is 16.5. The quantitative estimate of drug-likeness (QED) is 0.429. The van der Waals surface area contributed by atoms with Crippen LogP contribution in [-0.4, -0.2) is 30.8 Å². The van der Waals surface area contributed by atoms with E-state index in [1.165, 1.54) is 0 Å². The van der Waals surface area contributed by atoms with Crippen molar-refractivity contribution in [3.8, 4) is 5.75 Å². The lowest BCUT2D eigenvalue weighted by molar-refractivity contribution is 0.317. The Bertz CT molecular complexity index is 702. The summed E-state index contributed by atoms with van der Waals surface area (Å²) < 4.78 is 11.2. The first-order valence-corrected chi connectivity index (χ1v) is 9.18. The van der Waals surface area contributed by atoms with Gasteiger partial charge in [-0.25, -0.2) is 4.99 Å². The minimum absolute atomic E-state index is 0.352. The number of hydrogen-bond donors (Lipinski definition) is 2. The molecule has 0 amide bonds. The zero-order valence-electron chi connectivity index (χ0n) is 16.4. The molecule has 6 nitrogen and oxygen atoms in total. The largest absolute Gasteiger partial charge is 0.491 e. The summed E-state index contributed by atoms with van der Waals surface area (Å²) in [6, 6.07) is 8.12. The molecule has 0 aliphatic rings. The van der Waals surface area contributed by atoms with Gasteiger partial charge in [-0.05, 0) is 37.8 Å². The predicted molar refractivity (Wildman–Crippen MR) is 105 cm³/mol. The van der Waals surface area contributed by atoms with Crippen molar-refractivity contribution in [2.24, 2.45) is 4.99 Å². The molecule has 1 aromatic carbocycles. The van der Waals surface area contributed by atoms with Crippen LogP contribution >= 0.6 is 0 Å². The number of rotatable bonds is 8. The van der Waals surface area contributed by atoms with Crippen LogP contribution < -0.4 is 15.4 Å². The van der Waals surface area contributed by atoms with Gasteiger partial charge in [-0.3, -0.25) is 0 Å². The van der Waals surface area contributed by atoms with Crippen molar-refractivity contribution in [3.63, 3.8) is 0 Å². The first-order chi connectivity index (χ1) is 12.5. The number of guanidine groups is 1. The summed E-state index contributed by atoms with van der Waals surface area (Å²) in [4.78, 5) is 4.54. The zero-order chi connectivity index (χ0) is 18.9. The number of ether oxygens (including phenoxy) is 1. The standard InChI is InChI=1S/C20H30N4O2/c1-6-21-20(23-13-17-12-18(14(2)3)24-26-17)22-10-11-25-19-15(4)8-7-9-16(19)5/h7-9,12,14H,6,10-11,13H2,1-5H3,(H2,21,22,23). The lowest BCUT2D eigenvalue weighted by Gasteiger charge is -2.14. The summed E-state index contributed by atoms with van der Waals surface area (Å²) in [5.41, 5.74) is 3.25. The molecule has 0 aliphatic carbocycles. The van der Waals surface area contributed by atoms with E-state index in [0.717, 1.165) is 40.8 Å². The van der Waals surface area contributed by atoms with Crippen LogP contribution in [0.5, 0.6) is 5.75 Å². The number of hydrogen-bond acceptors (Lipinski definition) is 4. The first-order valence-electron chi connectivity index (χ1n) is 9.18. The number of para-hydroxylation sites is 1. The van der Waals surface area contributed by atoms with Crippen LogP contribution in [0.25, 0.3) is 0 Å². The van der Waals surface area contributed by atoms with Crippen LogP contribution in [0.15, 0.2) is 33.8 Å². The van der Waals surface area contributed by atoms with Crippen molar-refractivity contribution in [2.75, 3.05) is 19.7 Å². The summed E-state index contributed by atoms with van der Waals surface area (Å²) in [6.45, 7) is 12.8. The molecule has 26 heavy (non-hydrogen) atoms. The number of aliphatic imine (C=N–C) groups is 1. The molecular formula is C20H30N4O2. The summed E-state index contributed by atoms with van der Waals surface area (Å²) in [6.07, 6.45) is 0. The Labute approximate surface area is 156 Å². The second kappa shape index (κ2) is 9.85. The third kappa shape index (κ3) is 5.79. The molecule has 0 spiro atoms. The topological polar surface area (TPSA) is 71.7 Å². The van der Waals surface area contributed by atoms with Gasteiger partial charge in [0.25, 0.3) is 0 Å². The number of nitrogens with one attached hydrogen (secondary N) is 2. The molecule has 0 atom stereocenters. The van der Waals surface area contributed by atoms with Crippen LogP contribution in [0.3, 0.4) is 0 Å². The summed E-state index contributed by atoms with van der Waals surface area (Å²) in [5.74, 6) is 2.81. The van der Waals surface area contributed by atoms with Crippen LogP contribution in [0.4, 0.5) is 0 Å². The van der Waals surface area contributed by atoms with Crippen molar-refractivity contribution >= 4 is 5.96 Å². The number of benzene rings is 1. The van der Waals surface area contributed by atoms with Gasteiger partial charge in [-0.15, -0.1) is 0 Å². The highest BCUT2D eigenvalue weighted by Crippen LogP contribution is 2.21. The molecule has 2 rings (SSSR count). The van der Waals surface area contributed by atoms with Gasteiger partial charge in [0.2, 0.25) is 0 Å². The second-order valence-electron chi connectivity index (χ2n) is 6.56. The Morgan fingerprint density at radius 2 is 1.96 bits per heavy atom. The SMILES string of the molecule is CCNC(=NCc1cc(C(C)C)no1)NCCOc1c(C)cccc1C. The van der Waals surface area contributed by atoms with Gasteiger partial charge in [0.1, 0.15) is 18.9 Å². The maximum absolute atomic E-state index is 5.91. The lowest BCUT2D eigenvalue weighted by Crippen LogP contribution is -2.39. The van der Waals surface area contributed by atoms with E-state index in [0.29, 0.717) is 25.6 Å². The van der Waals surface area contributed by atoms with Crippen LogP contribution in [0, 0.1) is 13.8 Å². The highest BCUT2D eigenvalue weighted by molar-refractivity contribution is 5.79. The van der Waals surface area contributed by atoms with Crippen LogP contribution in [0.1, 0.15) is 49.3 Å². The Morgan fingerprint density at radius 3 is 2.58 bits per heavy atom. The maximum atomic E-state index is 5.91. The molecule has 2 N–H and O–H groups in total. The molecule has 0 radical (unpaired) electrons. The molecule has 142 valence electrons. The monoisotopic (exact) mass is 358 g/mol. The number of nitrogens with zero attached hydrogens (tertiary/aromatic N) is 2. The van der Waals surface area contributed by atoms with Gasteiger partial charge in [0.05, 0.1) is 12.2 Å². The predicted octanol–water partition coefficient (Wildman–Crippen LogP) is 3.55. The lowest BCUT2D eigenvalue weighted by atomic mass is 10.1. The van der Waals surface area contributed by atoms with Gasteiger partial charge in [-0.2, -0.15) is 0 Å². The van der Waals surface area contributed by atoms with Gasteiger partial charge >= 0.3 is 0 Å². The van der Waals surface area contributed by atoms with E-state index in [1.54, 1.807) is 0 Å². The van der Waals surface area contributed by atoms with Crippen molar-refractivity contribution in [1.82, 2.24) is 15.8 Å². The molecule has 0 saturated carbocycles. The van der Waals surface area contributed by atoms with E-state index < -0.39 is 0 Å². The Kier molecular flexibility index (Phi) is 7.51. The third-order valence-corrected chi connectivity index (χ3v) is 3.96. The van der Waals surface area contributed by atoms with Gasteiger partial charge in [-0.1, -0.05) is 37.2 Å². The molecule has 6 heteroatoms. The fourth-order valence-corrected chi connectivity index (χ4v) is 2.52. The van der Waals surface area contributed by atoms with Crippen LogP contribution in [0.2, 0.25) is 0 Å². The molecule has 0 fully saturated rings. The molecule has 0 saturated heterocycles. The normalized spacial score (nSPS) is 11.7. The Balaban J connectivity index is 1.85. The highest BCUT2D eigenvalue weighted by Gasteiger charge is 2.08. The minimum Gasteiger partial charge on any atom is -0.491 e. The molecule has 1 aromatic heterocycles. The van der Waals surface area contributed by atoms with Gasteiger partial charge < -0.3 is 19.9 Å². The van der Waals surface area contributed by atoms with E-state index in [4.69, 9.17) is 9.26 Å². The molecule has 1 heterocycles. The van der Waals surface area contributed by atoms with Crippen molar-refractivity contribution in [3.05, 3.63) is 46.8 Å². The fraction of sp³-hybridized carbons (Fsp3) is 0.500. The fourth-order valence-electron chi connectivity index (χ4n) is 2.52. The maximum Gasteiger partial charge on any atom is 0.191 e. The Morgan fingerprint density at radius 1 is 1.23 bits per heavy atom. The average Bonchev–Trinajstić information content (AvgIpc) is 3.08. The number of aromatic nitrogens is 1. The van der Waals surface area contributed by atoms with Gasteiger partial charge in [0, 0.05) is 12.6 Å². The molecule has 0 bridgehead atoms. The second-order valence-corrected chi connectivity index (χ2v) is 6.56. The van der Waals surface area contributed by atoms with Crippen molar-refractivity contribution < 1.29 is 9.26 Å². The summed E-state index contributed by atoms with van der Waals surface area (Å²) in [7, 11) is 0. The van der Waals surface area contributed by atoms with Crippen molar-refractivity contribution in [2.45, 2.75) is 47.1 Å². The van der Waals surface area contributed by atoms with Crippen molar-refractivity contribution in [1.29, 1.82) is 0 Å². The zero-order valence-corrected chi connectivity index (χ0v) is 16.4. The first kappa shape index (κ1) is 19.8. The minimum atomic E-state index is 0.352. The molecule has 0 unspecified atom stereocenters. The number of aryl methyl sites for hydroxylation is 2. The smallest absolute Gasteiger partial charge is 0.191 e. The van der Waals surface area contributed by atoms with Gasteiger partial charge in [0.15, 0.2) is 11.7 Å². The van der Waals surface area contributed by atoms with E-state index in [-0.39, 0.29) is 0 Å².